The van der Waals surface area contributed by atoms with E-state index in [1.807, 2.05) is 0 Å². The Balaban J connectivity index is 3.82. The third-order valence-corrected chi connectivity index (χ3v) is 7.18. The second-order valence-corrected chi connectivity index (χ2v) is 11.3. The fourth-order valence-corrected chi connectivity index (χ4v) is 4.86. The Bertz CT molecular complexity index is 530. The van der Waals surface area contributed by atoms with Gasteiger partial charge in [-0.3, -0.25) is 4.55 Å². The molecule has 1 unspecified atom stereocenters. The zero-order valence-electron chi connectivity index (χ0n) is 22.8. The van der Waals surface area contributed by atoms with Gasteiger partial charge in [0, 0.05) is 5.92 Å². The predicted molar refractivity (Wildman–Crippen MR) is 148 cm³/mol. The normalized spacial score (nSPS) is 13.1. The Kier molecular flexibility index (Phi) is 25.4. The Morgan fingerprint density at radius 2 is 1.00 bits per heavy atom. The SMILES string of the molecule is CCCCCCCCCCCCCC/C=C/C(CCCCCCCCCCC)COS(=O)(=O)O. The van der Waals surface area contributed by atoms with Crippen molar-refractivity contribution in [2.24, 2.45) is 5.92 Å². The largest absolute Gasteiger partial charge is 0.397 e. The monoisotopic (exact) mass is 502 g/mol. The number of rotatable bonds is 27. The Hall–Kier alpha value is -0.390. The van der Waals surface area contributed by atoms with Crippen molar-refractivity contribution >= 4 is 10.4 Å². The summed E-state index contributed by atoms with van der Waals surface area (Å²) in [4.78, 5) is 0. The van der Waals surface area contributed by atoms with Gasteiger partial charge in [-0.1, -0.05) is 154 Å². The van der Waals surface area contributed by atoms with Crippen molar-refractivity contribution in [2.75, 3.05) is 6.61 Å². The predicted octanol–water partition coefficient (Wildman–Crippen LogP) is 9.99. The lowest BCUT2D eigenvalue weighted by atomic mass is 9.99. The van der Waals surface area contributed by atoms with Gasteiger partial charge in [0.05, 0.1) is 6.61 Å². The van der Waals surface area contributed by atoms with Gasteiger partial charge in [-0.15, -0.1) is 0 Å². The molecule has 1 atom stereocenters. The molecule has 0 aromatic rings. The van der Waals surface area contributed by atoms with Crippen LogP contribution in [0, 0.1) is 5.92 Å². The van der Waals surface area contributed by atoms with Crippen LogP contribution in [0.3, 0.4) is 0 Å². The van der Waals surface area contributed by atoms with E-state index >= 15 is 0 Å². The minimum absolute atomic E-state index is 0.0464. The van der Waals surface area contributed by atoms with Crippen LogP contribution < -0.4 is 0 Å². The highest BCUT2D eigenvalue weighted by molar-refractivity contribution is 7.80. The van der Waals surface area contributed by atoms with Gasteiger partial charge in [0.15, 0.2) is 0 Å². The Morgan fingerprint density at radius 1 is 0.618 bits per heavy atom. The molecule has 0 rings (SSSR count). The minimum Gasteiger partial charge on any atom is -0.264 e. The lowest BCUT2D eigenvalue weighted by molar-refractivity contribution is 0.234. The smallest absolute Gasteiger partial charge is 0.264 e. The van der Waals surface area contributed by atoms with Crippen molar-refractivity contribution < 1.29 is 17.2 Å². The standard InChI is InChI=1S/C29H58O4S/c1-3-5-7-9-11-13-14-15-16-17-19-21-23-25-27-29(28-33-34(30,31)32)26-24-22-20-18-12-10-8-6-4-2/h25,27,29H,3-24,26,28H2,1-2H3,(H,30,31,32)/b27-25+. The third-order valence-electron chi connectivity index (χ3n) is 6.74. The molecule has 0 spiro atoms. The first kappa shape index (κ1) is 33.6. The molecule has 0 saturated carbocycles. The molecule has 0 aliphatic heterocycles. The minimum atomic E-state index is -4.36. The average Bonchev–Trinajstić information content (AvgIpc) is 2.80. The topological polar surface area (TPSA) is 63.6 Å². The molecule has 5 heteroatoms. The van der Waals surface area contributed by atoms with Gasteiger partial charge < -0.3 is 0 Å². The Morgan fingerprint density at radius 3 is 1.41 bits per heavy atom. The highest BCUT2D eigenvalue weighted by Gasteiger charge is 2.11. The van der Waals surface area contributed by atoms with E-state index in [2.05, 4.69) is 30.2 Å². The molecule has 0 aromatic carbocycles. The maximum absolute atomic E-state index is 11.0. The number of allylic oxidation sites excluding steroid dienone is 1. The van der Waals surface area contributed by atoms with Crippen LogP contribution in [-0.2, 0) is 14.6 Å². The van der Waals surface area contributed by atoms with Crippen LogP contribution in [-0.4, -0.2) is 19.6 Å². The van der Waals surface area contributed by atoms with Crippen LogP contribution in [0.2, 0.25) is 0 Å². The van der Waals surface area contributed by atoms with Crippen molar-refractivity contribution in [3.05, 3.63) is 12.2 Å². The molecule has 0 aromatic heterocycles. The summed E-state index contributed by atoms with van der Waals surface area (Å²) in [7, 11) is -4.36. The van der Waals surface area contributed by atoms with E-state index in [1.165, 1.54) is 128 Å². The molecule has 0 radical (unpaired) electrons. The number of unbranched alkanes of at least 4 members (excludes halogenated alkanes) is 20. The first-order valence-corrected chi connectivity index (χ1v) is 16.1. The lowest BCUT2D eigenvalue weighted by Crippen LogP contribution is -2.12. The fourth-order valence-electron chi connectivity index (χ4n) is 4.52. The van der Waals surface area contributed by atoms with Gasteiger partial charge >= 0.3 is 10.4 Å². The highest BCUT2D eigenvalue weighted by atomic mass is 32.3. The molecule has 0 amide bonds. The first-order chi connectivity index (χ1) is 16.5. The van der Waals surface area contributed by atoms with Crippen molar-refractivity contribution in [3.8, 4) is 0 Å². The van der Waals surface area contributed by atoms with E-state index < -0.39 is 10.4 Å². The summed E-state index contributed by atoms with van der Waals surface area (Å²) in [6.45, 7) is 4.56. The molecule has 1 N–H and O–H groups in total. The summed E-state index contributed by atoms with van der Waals surface area (Å²) >= 11 is 0. The van der Waals surface area contributed by atoms with E-state index in [-0.39, 0.29) is 12.5 Å². The van der Waals surface area contributed by atoms with Crippen LogP contribution >= 0.6 is 0 Å². The second-order valence-electron chi connectivity index (χ2n) is 10.2. The van der Waals surface area contributed by atoms with E-state index in [4.69, 9.17) is 4.55 Å². The molecule has 0 heterocycles. The first-order valence-electron chi connectivity index (χ1n) is 14.8. The van der Waals surface area contributed by atoms with Gasteiger partial charge in [-0.05, 0) is 19.3 Å². The van der Waals surface area contributed by atoms with E-state index in [1.54, 1.807) is 0 Å². The quantitative estimate of drug-likeness (QED) is 0.0689. The molecule has 0 fully saturated rings. The molecule has 0 bridgehead atoms. The van der Waals surface area contributed by atoms with Crippen molar-refractivity contribution in [2.45, 2.75) is 162 Å². The van der Waals surface area contributed by atoms with E-state index in [0.29, 0.717) is 0 Å². The number of hydrogen-bond donors (Lipinski definition) is 1. The van der Waals surface area contributed by atoms with Crippen molar-refractivity contribution in [1.29, 1.82) is 0 Å². The van der Waals surface area contributed by atoms with Gasteiger partial charge in [-0.25, -0.2) is 4.18 Å². The number of hydrogen-bond acceptors (Lipinski definition) is 3. The van der Waals surface area contributed by atoms with Crippen LogP contribution in [0.1, 0.15) is 162 Å². The summed E-state index contributed by atoms with van der Waals surface area (Å²) in [6, 6.07) is 0. The van der Waals surface area contributed by atoms with E-state index in [0.717, 1.165) is 19.3 Å². The summed E-state index contributed by atoms with van der Waals surface area (Å²) in [5.41, 5.74) is 0. The lowest BCUT2D eigenvalue weighted by Gasteiger charge is -2.12. The van der Waals surface area contributed by atoms with Crippen LogP contribution in [0.15, 0.2) is 12.2 Å². The second kappa shape index (κ2) is 25.7. The van der Waals surface area contributed by atoms with Gasteiger partial charge in [0.25, 0.3) is 0 Å². The summed E-state index contributed by atoms with van der Waals surface area (Å²) in [6.07, 6.45) is 34.0. The Labute approximate surface area is 213 Å². The maximum Gasteiger partial charge on any atom is 0.397 e. The van der Waals surface area contributed by atoms with Crippen LogP contribution in [0.5, 0.6) is 0 Å². The molecule has 34 heavy (non-hydrogen) atoms. The maximum atomic E-state index is 11.0. The van der Waals surface area contributed by atoms with E-state index in [9.17, 15) is 8.42 Å². The summed E-state index contributed by atoms with van der Waals surface area (Å²) < 4.78 is 35.5. The highest BCUT2D eigenvalue weighted by Crippen LogP contribution is 2.17. The van der Waals surface area contributed by atoms with Crippen LogP contribution in [0.25, 0.3) is 0 Å². The summed E-state index contributed by atoms with van der Waals surface area (Å²) in [5.74, 6) is 0.0591. The van der Waals surface area contributed by atoms with Gasteiger partial charge in [0.1, 0.15) is 0 Å². The zero-order chi connectivity index (χ0) is 25.2. The molecule has 0 aliphatic carbocycles. The summed E-state index contributed by atoms with van der Waals surface area (Å²) in [5, 5.41) is 0. The van der Waals surface area contributed by atoms with Crippen molar-refractivity contribution in [1.82, 2.24) is 0 Å². The van der Waals surface area contributed by atoms with Crippen LogP contribution in [0.4, 0.5) is 0 Å². The fraction of sp³-hybridized carbons (Fsp3) is 0.931. The molecule has 4 nitrogen and oxygen atoms in total. The third kappa shape index (κ3) is 27.9. The molecule has 204 valence electrons. The molecular weight excluding hydrogens is 444 g/mol. The van der Waals surface area contributed by atoms with Gasteiger partial charge in [0.2, 0.25) is 0 Å². The molecular formula is C29H58O4S. The average molecular weight is 503 g/mol. The molecule has 0 saturated heterocycles. The molecule has 0 aliphatic rings. The zero-order valence-corrected chi connectivity index (χ0v) is 23.6. The van der Waals surface area contributed by atoms with Crippen molar-refractivity contribution in [3.63, 3.8) is 0 Å². The van der Waals surface area contributed by atoms with Gasteiger partial charge in [-0.2, -0.15) is 8.42 Å².